The van der Waals surface area contributed by atoms with Crippen LogP contribution < -0.4 is 0 Å². The molecule has 0 radical (unpaired) electrons. The molecule has 68 valence electrons. The first-order chi connectivity index (χ1) is 5.64. The topological polar surface area (TPSA) is 44.0 Å². The normalized spacial score (nSPS) is 25.2. The van der Waals surface area contributed by atoms with Gasteiger partial charge >= 0.3 is 0 Å². The zero-order valence-electron chi connectivity index (χ0n) is 7.88. The Morgan fingerprint density at radius 1 is 1.67 bits per heavy atom. The highest BCUT2D eigenvalue weighted by Gasteiger charge is 2.39. The zero-order valence-corrected chi connectivity index (χ0v) is 7.88. The third-order valence-corrected chi connectivity index (χ3v) is 3.24. The van der Waals surface area contributed by atoms with Gasteiger partial charge in [0.25, 0.3) is 0 Å². The average molecular weight is 167 g/mol. The SMILES string of the molecule is CCC(C)(C#N)C(O)C1CCC1. The first-order valence-electron chi connectivity index (χ1n) is 4.73. The summed E-state index contributed by atoms with van der Waals surface area (Å²) < 4.78 is 0. The molecule has 0 spiro atoms. The first-order valence-corrected chi connectivity index (χ1v) is 4.73. The molecule has 1 N–H and O–H groups in total. The van der Waals surface area contributed by atoms with Crippen LogP contribution in [-0.4, -0.2) is 11.2 Å². The van der Waals surface area contributed by atoms with Crippen molar-refractivity contribution in [3.63, 3.8) is 0 Å². The summed E-state index contributed by atoms with van der Waals surface area (Å²) in [7, 11) is 0. The third kappa shape index (κ3) is 1.47. The van der Waals surface area contributed by atoms with Crippen molar-refractivity contribution in [2.75, 3.05) is 0 Å². The van der Waals surface area contributed by atoms with Crippen molar-refractivity contribution in [2.45, 2.75) is 45.6 Å². The van der Waals surface area contributed by atoms with Crippen molar-refractivity contribution in [1.29, 1.82) is 5.26 Å². The lowest BCUT2D eigenvalue weighted by molar-refractivity contribution is -0.0108. The van der Waals surface area contributed by atoms with Gasteiger partial charge in [-0.2, -0.15) is 5.26 Å². The average Bonchev–Trinajstić information content (AvgIpc) is 2.00. The van der Waals surface area contributed by atoms with Gasteiger partial charge in [-0.1, -0.05) is 13.3 Å². The second-order valence-corrected chi connectivity index (χ2v) is 4.02. The van der Waals surface area contributed by atoms with Gasteiger partial charge in [0, 0.05) is 0 Å². The van der Waals surface area contributed by atoms with Gasteiger partial charge in [-0.3, -0.25) is 0 Å². The fraction of sp³-hybridized carbons (Fsp3) is 0.900. The Kier molecular flexibility index (Phi) is 2.74. The largest absolute Gasteiger partial charge is 0.391 e. The smallest absolute Gasteiger partial charge is 0.0804 e. The highest BCUT2D eigenvalue weighted by molar-refractivity contribution is 5.02. The van der Waals surface area contributed by atoms with E-state index in [9.17, 15) is 5.11 Å². The summed E-state index contributed by atoms with van der Waals surface area (Å²) in [6.45, 7) is 3.82. The molecule has 0 bridgehead atoms. The van der Waals surface area contributed by atoms with E-state index in [1.54, 1.807) is 0 Å². The highest BCUT2D eigenvalue weighted by Crippen LogP contribution is 2.39. The zero-order chi connectivity index (χ0) is 9.19. The number of aliphatic hydroxyl groups is 1. The summed E-state index contributed by atoms with van der Waals surface area (Å²) in [5.41, 5.74) is -0.523. The summed E-state index contributed by atoms with van der Waals surface area (Å²) >= 11 is 0. The minimum atomic E-state index is -0.523. The van der Waals surface area contributed by atoms with E-state index in [2.05, 4.69) is 6.07 Å². The van der Waals surface area contributed by atoms with E-state index in [1.165, 1.54) is 6.42 Å². The summed E-state index contributed by atoms with van der Waals surface area (Å²) in [4.78, 5) is 0. The van der Waals surface area contributed by atoms with Crippen molar-refractivity contribution in [3.05, 3.63) is 0 Å². The molecule has 0 aromatic heterocycles. The van der Waals surface area contributed by atoms with Crippen LogP contribution in [0.4, 0.5) is 0 Å². The molecular formula is C10H17NO. The Morgan fingerprint density at radius 3 is 2.50 bits per heavy atom. The van der Waals surface area contributed by atoms with Gasteiger partial charge in [-0.15, -0.1) is 0 Å². The predicted molar refractivity (Wildman–Crippen MR) is 47.4 cm³/mol. The molecule has 1 rings (SSSR count). The van der Waals surface area contributed by atoms with Crippen LogP contribution >= 0.6 is 0 Å². The number of hydrogen-bond acceptors (Lipinski definition) is 2. The number of nitrogens with zero attached hydrogens (tertiary/aromatic N) is 1. The summed E-state index contributed by atoms with van der Waals surface area (Å²) in [5, 5.41) is 18.8. The molecule has 0 saturated heterocycles. The van der Waals surface area contributed by atoms with E-state index in [4.69, 9.17) is 5.26 Å². The van der Waals surface area contributed by atoms with Gasteiger partial charge in [-0.25, -0.2) is 0 Å². The fourth-order valence-electron chi connectivity index (χ4n) is 1.63. The van der Waals surface area contributed by atoms with Gasteiger partial charge in [0.05, 0.1) is 17.6 Å². The van der Waals surface area contributed by atoms with Crippen LogP contribution in [0.25, 0.3) is 0 Å². The molecule has 1 fully saturated rings. The Labute approximate surface area is 74.2 Å². The minimum absolute atomic E-state index is 0.384. The maximum absolute atomic E-state index is 9.87. The third-order valence-electron chi connectivity index (χ3n) is 3.24. The second kappa shape index (κ2) is 3.45. The molecule has 2 unspecified atom stereocenters. The van der Waals surface area contributed by atoms with Crippen LogP contribution in [0.5, 0.6) is 0 Å². The first kappa shape index (κ1) is 9.54. The van der Waals surface area contributed by atoms with Crippen LogP contribution in [-0.2, 0) is 0 Å². The molecule has 2 heteroatoms. The number of nitriles is 1. The summed E-state index contributed by atoms with van der Waals surface area (Å²) in [6, 6.07) is 2.23. The molecule has 0 amide bonds. The van der Waals surface area contributed by atoms with Crippen molar-refractivity contribution in [3.8, 4) is 6.07 Å². The minimum Gasteiger partial charge on any atom is -0.391 e. The maximum atomic E-state index is 9.87. The molecule has 2 nitrogen and oxygen atoms in total. The summed E-state index contributed by atoms with van der Waals surface area (Å²) in [6.07, 6.45) is 3.73. The monoisotopic (exact) mass is 167 g/mol. The molecule has 1 aliphatic rings. The molecule has 1 aliphatic carbocycles. The molecule has 2 atom stereocenters. The van der Waals surface area contributed by atoms with E-state index in [1.807, 2.05) is 13.8 Å². The Morgan fingerprint density at radius 2 is 2.25 bits per heavy atom. The van der Waals surface area contributed by atoms with E-state index in [0.717, 1.165) is 19.3 Å². The molecule has 0 aromatic rings. The van der Waals surface area contributed by atoms with Crippen LogP contribution in [0.15, 0.2) is 0 Å². The Hall–Kier alpha value is -0.550. The van der Waals surface area contributed by atoms with Crippen LogP contribution in [0, 0.1) is 22.7 Å². The van der Waals surface area contributed by atoms with E-state index in [-0.39, 0.29) is 0 Å². The predicted octanol–water partition coefficient (Wildman–Crippen LogP) is 2.09. The number of hydrogen-bond donors (Lipinski definition) is 1. The Bertz CT molecular complexity index is 193. The quantitative estimate of drug-likeness (QED) is 0.699. The fourth-order valence-corrected chi connectivity index (χ4v) is 1.63. The van der Waals surface area contributed by atoms with Crippen molar-refractivity contribution >= 4 is 0 Å². The van der Waals surface area contributed by atoms with Gasteiger partial charge in [-0.05, 0) is 32.1 Å². The van der Waals surface area contributed by atoms with E-state index < -0.39 is 11.5 Å². The summed E-state index contributed by atoms with van der Waals surface area (Å²) in [5.74, 6) is 0.384. The van der Waals surface area contributed by atoms with E-state index >= 15 is 0 Å². The lowest BCUT2D eigenvalue weighted by Crippen LogP contribution is -2.39. The van der Waals surface area contributed by atoms with Crippen LogP contribution in [0.1, 0.15) is 39.5 Å². The maximum Gasteiger partial charge on any atom is 0.0804 e. The van der Waals surface area contributed by atoms with Crippen LogP contribution in [0.3, 0.4) is 0 Å². The van der Waals surface area contributed by atoms with Gasteiger partial charge in [0.2, 0.25) is 0 Å². The van der Waals surface area contributed by atoms with Crippen molar-refractivity contribution < 1.29 is 5.11 Å². The van der Waals surface area contributed by atoms with Gasteiger partial charge in [0.1, 0.15) is 0 Å². The second-order valence-electron chi connectivity index (χ2n) is 4.02. The lowest BCUT2D eigenvalue weighted by atomic mass is 9.69. The van der Waals surface area contributed by atoms with Crippen molar-refractivity contribution in [1.82, 2.24) is 0 Å². The lowest BCUT2D eigenvalue weighted by Gasteiger charge is -2.37. The Balaban J connectivity index is 2.59. The molecule has 0 heterocycles. The highest BCUT2D eigenvalue weighted by atomic mass is 16.3. The molecular weight excluding hydrogens is 150 g/mol. The molecule has 0 aliphatic heterocycles. The molecule has 1 saturated carbocycles. The van der Waals surface area contributed by atoms with Gasteiger partial charge < -0.3 is 5.11 Å². The number of rotatable bonds is 3. The molecule has 12 heavy (non-hydrogen) atoms. The molecule has 0 aromatic carbocycles. The van der Waals surface area contributed by atoms with E-state index in [0.29, 0.717) is 5.92 Å². The van der Waals surface area contributed by atoms with Crippen molar-refractivity contribution in [2.24, 2.45) is 11.3 Å². The van der Waals surface area contributed by atoms with Gasteiger partial charge in [0.15, 0.2) is 0 Å². The van der Waals surface area contributed by atoms with Crippen LogP contribution in [0.2, 0.25) is 0 Å². The standard InChI is InChI=1S/C10H17NO/c1-3-10(2,7-11)9(12)8-5-4-6-8/h8-9,12H,3-6H2,1-2H3. The number of aliphatic hydroxyl groups excluding tert-OH is 1.